The van der Waals surface area contributed by atoms with Gasteiger partial charge in [0.25, 0.3) is 0 Å². The summed E-state index contributed by atoms with van der Waals surface area (Å²) in [4.78, 5) is 31.7. The van der Waals surface area contributed by atoms with E-state index in [1.165, 1.54) is 10.5 Å². The van der Waals surface area contributed by atoms with E-state index in [1.807, 2.05) is 32.9 Å². The average Bonchev–Trinajstić information content (AvgIpc) is 3.44. The van der Waals surface area contributed by atoms with Crippen molar-refractivity contribution in [3.05, 3.63) is 42.0 Å². The Morgan fingerprint density at radius 3 is 2.34 bits per heavy atom. The Kier molecular flexibility index (Phi) is 6.82. The number of likely N-dealkylation sites (tertiary alicyclic amines) is 1. The van der Waals surface area contributed by atoms with Crippen LogP contribution < -0.4 is 15.4 Å². The number of hydrogen-bond acceptors (Lipinski definition) is 4. The van der Waals surface area contributed by atoms with Gasteiger partial charge in [-0.2, -0.15) is 0 Å². The lowest BCUT2D eigenvalue weighted by atomic mass is 9.85. The molecule has 4 unspecified atom stereocenters. The number of ether oxygens (including phenoxy) is 1. The highest BCUT2D eigenvalue weighted by Crippen LogP contribution is 2.52. The van der Waals surface area contributed by atoms with Crippen molar-refractivity contribution >= 4 is 17.8 Å². The van der Waals surface area contributed by atoms with E-state index in [0.717, 1.165) is 25.1 Å². The molecule has 1 aromatic rings. The Hall–Kier alpha value is -2.83. The molecular weight excluding hydrogens is 404 g/mol. The van der Waals surface area contributed by atoms with Crippen LogP contribution in [0.5, 0.6) is 5.75 Å². The standard InChI is InChI=1S/C25H34N4O3/c1-4-26-25(27-12-11-17-5-9-20(10-6-17)32-16(2)3)28-13-14-29-23(30)21-18-7-8-19(15-18)22(21)24(29)31/h5-10,16,18-19,21-22H,4,11-15H2,1-3H3,(H2,26,27,28). The predicted octanol–water partition coefficient (Wildman–Crippen LogP) is 2.38. The second-order valence-corrected chi connectivity index (χ2v) is 9.08. The summed E-state index contributed by atoms with van der Waals surface area (Å²) in [6.45, 7) is 8.30. The van der Waals surface area contributed by atoms with E-state index in [1.54, 1.807) is 0 Å². The minimum atomic E-state index is -0.128. The molecule has 4 rings (SSSR count). The van der Waals surface area contributed by atoms with Gasteiger partial charge in [-0.25, -0.2) is 0 Å². The van der Waals surface area contributed by atoms with Gasteiger partial charge in [0.1, 0.15) is 5.75 Å². The number of carbonyl (C=O) groups is 2. The monoisotopic (exact) mass is 438 g/mol. The topological polar surface area (TPSA) is 83.0 Å². The molecule has 2 amide bonds. The molecule has 2 aliphatic carbocycles. The van der Waals surface area contributed by atoms with Crippen LogP contribution in [0.3, 0.4) is 0 Å². The fourth-order valence-corrected chi connectivity index (χ4v) is 5.12. The SMILES string of the molecule is CCNC(=NCCc1ccc(OC(C)C)cc1)NCCN1C(=O)C2C3C=CC(C3)C2C1=O. The van der Waals surface area contributed by atoms with E-state index < -0.39 is 0 Å². The van der Waals surface area contributed by atoms with Crippen LogP contribution in [0.1, 0.15) is 32.8 Å². The highest BCUT2D eigenvalue weighted by atomic mass is 16.5. The van der Waals surface area contributed by atoms with E-state index in [0.29, 0.717) is 25.6 Å². The number of aliphatic imine (C=N–C) groups is 1. The smallest absolute Gasteiger partial charge is 0.233 e. The molecule has 7 nitrogen and oxygen atoms in total. The zero-order valence-electron chi connectivity index (χ0n) is 19.2. The Labute approximate surface area is 190 Å². The molecule has 7 heteroatoms. The molecule has 1 aliphatic heterocycles. The van der Waals surface area contributed by atoms with Gasteiger partial charge >= 0.3 is 0 Å². The highest BCUT2D eigenvalue weighted by molar-refractivity contribution is 6.06. The summed E-state index contributed by atoms with van der Waals surface area (Å²) in [7, 11) is 0. The van der Waals surface area contributed by atoms with E-state index in [4.69, 9.17) is 4.74 Å². The minimum absolute atomic E-state index is 0.00508. The summed E-state index contributed by atoms with van der Waals surface area (Å²) in [6, 6.07) is 8.11. The van der Waals surface area contributed by atoms with E-state index in [2.05, 4.69) is 39.9 Å². The zero-order chi connectivity index (χ0) is 22.7. The van der Waals surface area contributed by atoms with Crippen molar-refractivity contribution in [3.8, 4) is 5.75 Å². The number of benzene rings is 1. The van der Waals surface area contributed by atoms with Gasteiger partial charge in [0.15, 0.2) is 5.96 Å². The van der Waals surface area contributed by atoms with Crippen LogP contribution in [0.2, 0.25) is 0 Å². The van der Waals surface area contributed by atoms with Crippen molar-refractivity contribution in [2.24, 2.45) is 28.7 Å². The lowest BCUT2D eigenvalue weighted by molar-refractivity contribution is -0.140. The molecule has 0 spiro atoms. The van der Waals surface area contributed by atoms with Crippen molar-refractivity contribution < 1.29 is 14.3 Å². The summed E-state index contributed by atoms with van der Waals surface area (Å²) >= 11 is 0. The lowest BCUT2D eigenvalue weighted by Gasteiger charge is -2.18. The first-order chi connectivity index (χ1) is 15.5. The molecule has 3 aliphatic rings. The predicted molar refractivity (Wildman–Crippen MR) is 124 cm³/mol. The van der Waals surface area contributed by atoms with Gasteiger partial charge in [0.2, 0.25) is 11.8 Å². The maximum absolute atomic E-state index is 12.8. The fourth-order valence-electron chi connectivity index (χ4n) is 5.12. The van der Waals surface area contributed by atoms with Crippen LogP contribution in [0, 0.1) is 23.7 Å². The molecule has 0 radical (unpaired) electrons. The third-order valence-electron chi connectivity index (χ3n) is 6.50. The van der Waals surface area contributed by atoms with E-state index in [9.17, 15) is 9.59 Å². The largest absolute Gasteiger partial charge is 0.491 e. The summed E-state index contributed by atoms with van der Waals surface area (Å²) in [5, 5.41) is 6.50. The van der Waals surface area contributed by atoms with Gasteiger partial charge < -0.3 is 15.4 Å². The zero-order valence-corrected chi connectivity index (χ0v) is 19.2. The van der Waals surface area contributed by atoms with E-state index in [-0.39, 0.29) is 41.6 Å². The lowest BCUT2D eigenvalue weighted by Crippen LogP contribution is -2.43. The summed E-state index contributed by atoms with van der Waals surface area (Å²) in [5.41, 5.74) is 1.20. The molecule has 1 heterocycles. The van der Waals surface area contributed by atoms with Crippen LogP contribution in [-0.4, -0.2) is 55.0 Å². The first kappa shape index (κ1) is 22.4. The minimum Gasteiger partial charge on any atom is -0.491 e. The molecule has 2 bridgehead atoms. The molecule has 4 atom stereocenters. The van der Waals surface area contributed by atoms with Crippen molar-refractivity contribution in [1.82, 2.24) is 15.5 Å². The van der Waals surface area contributed by atoms with Crippen LogP contribution >= 0.6 is 0 Å². The molecule has 32 heavy (non-hydrogen) atoms. The molecule has 2 N–H and O–H groups in total. The van der Waals surface area contributed by atoms with Crippen molar-refractivity contribution in [2.45, 2.75) is 39.7 Å². The van der Waals surface area contributed by atoms with Gasteiger partial charge in [0.05, 0.1) is 17.9 Å². The van der Waals surface area contributed by atoms with Crippen LogP contribution in [0.4, 0.5) is 0 Å². The first-order valence-electron chi connectivity index (χ1n) is 11.8. The Balaban J connectivity index is 1.25. The molecule has 0 aromatic heterocycles. The number of allylic oxidation sites excluding steroid dienone is 2. The summed E-state index contributed by atoms with van der Waals surface area (Å²) in [6.07, 6.45) is 6.19. The number of hydrogen-bond donors (Lipinski definition) is 2. The Morgan fingerprint density at radius 2 is 1.75 bits per heavy atom. The van der Waals surface area contributed by atoms with Crippen LogP contribution in [0.25, 0.3) is 0 Å². The third kappa shape index (κ3) is 4.66. The quantitative estimate of drug-likeness (QED) is 0.268. The summed E-state index contributed by atoms with van der Waals surface area (Å²) < 4.78 is 5.68. The average molecular weight is 439 g/mol. The molecule has 1 saturated heterocycles. The first-order valence-corrected chi connectivity index (χ1v) is 11.8. The maximum atomic E-state index is 12.8. The van der Waals surface area contributed by atoms with Crippen molar-refractivity contribution in [3.63, 3.8) is 0 Å². The second-order valence-electron chi connectivity index (χ2n) is 9.08. The molecular formula is C25H34N4O3. The van der Waals surface area contributed by atoms with Gasteiger partial charge in [0, 0.05) is 26.2 Å². The number of imide groups is 1. The van der Waals surface area contributed by atoms with Crippen LogP contribution in [0.15, 0.2) is 41.4 Å². The third-order valence-corrected chi connectivity index (χ3v) is 6.50. The number of carbonyl (C=O) groups excluding carboxylic acids is 2. The normalized spacial score (nSPS) is 26.2. The number of rotatable bonds is 9. The second kappa shape index (κ2) is 9.76. The Morgan fingerprint density at radius 1 is 1.09 bits per heavy atom. The van der Waals surface area contributed by atoms with Gasteiger partial charge in [-0.15, -0.1) is 0 Å². The van der Waals surface area contributed by atoms with Gasteiger partial charge in [-0.3, -0.25) is 19.5 Å². The van der Waals surface area contributed by atoms with Crippen LogP contribution in [-0.2, 0) is 16.0 Å². The maximum Gasteiger partial charge on any atom is 0.233 e. The molecule has 2 fully saturated rings. The number of amides is 2. The summed E-state index contributed by atoms with van der Waals surface area (Å²) in [5.74, 6) is 1.84. The fraction of sp³-hybridized carbons (Fsp3) is 0.560. The highest BCUT2D eigenvalue weighted by Gasteiger charge is 2.58. The van der Waals surface area contributed by atoms with Gasteiger partial charge in [-0.05, 0) is 63.1 Å². The number of nitrogens with zero attached hydrogens (tertiary/aromatic N) is 2. The van der Waals surface area contributed by atoms with Crippen molar-refractivity contribution in [2.75, 3.05) is 26.2 Å². The number of nitrogens with one attached hydrogen (secondary N) is 2. The number of fused-ring (bicyclic) bond motifs is 5. The molecule has 172 valence electrons. The Bertz CT molecular complexity index is 863. The number of guanidine groups is 1. The molecule has 1 saturated carbocycles. The van der Waals surface area contributed by atoms with Crippen molar-refractivity contribution in [1.29, 1.82) is 0 Å². The van der Waals surface area contributed by atoms with Gasteiger partial charge in [-0.1, -0.05) is 24.3 Å². The molecule has 1 aromatic carbocycles. The van der Waals surface area contributed by atoms with E-state index >= 15 is 0 Å².